The topological polar surface area (TPSA) is 66.5 Å². The summed E-state index contributed by atoms with van der Waals surface area (Å²) in [7, 11) is -3.72. The van der Waals surface area contributed by atoms with Crippen LogP contribution in [0, 0.1) is 12.7 Å². The van der Waals surface area contributed by atoms with Crippen molar-refractivity contribution >= 4 is 33.2 Å². The second-order valence-electron chi connectivity index (χ2n) is 6.01. The Morgan fingerprint density at radius 1 is 1.23 bits per heavy atom. The number of anilines is 1. The van der Waals surface area contributed by atoms with E-state index in [1.54, 1.807) is 31.2 Å². The van der Waals surface area contributed by atoms with Crippen molar-refractivity contribution in [1.29, 1.82) is 0 Å². The van der Waals surface area contributed by atoms with Crippen LogP contribution in [0.4, 0.5) is 10.1 Å². The van der Waals surface area contributed by atoms with Crippen LogP contribution in [-0.2, 0) is 21.4 Å². The van der Waals surface area contributed by atoms with Crippen LogP contribution in [0.2, 0.25) is 5.02 Å². The molecule has 0 aliphatic carbocycles. The molecule has 0 unspecified atom stereocenters. The van der Waals surface area contributed by atoms with Crippen LogP contribution in [0.1, 0.15) is 18.1 Å². The predicted molar refractivity (Wildman–Crippen MR) is 101 cm³/mol. The second kappa shape index (κ2) is 8.05. The van der Waals surface area contributed by atoms with E-state index < -0.39 is 22.0 Å². The maximum atomic E-state index is 12.9. The minimum atomic E-state index is -3.72. The van der Waals surface area contributed by atoms with Gasteiger partial charge in [0.25, 0.3) is 0 Å². The van der Waals surface area contributed by atoms with Crippen molar-refractivity contribution in [2.24, 2.45) is 0 Å². The molecule has 0 fully saturated rings. The Morgan fingerprint density at radius 2 is 1.85 bits per heavy atom. The molecule has 1 amide bonds. The van der Waals surface area contributed by atoms with Crippen LogP contribution in [-0.4, -0.2) is 26.6 Å². The largest absolute Gasteiger partial charge is 0.350 e. The number of nitrogens with zero attached hydrogens (tertiary/aromatic N) is 1. The lowest BCUT2D eigenvalue weighted by molar-refractivity contribution is -0.122. The first-order chi connectivity index (χ1) is 12.1. The summed E-state index contributed by atoms with van der Waals surface area (Å²) in [5.41, 5.74) is 1.82. The zero-order valence-corrected chi connectivity index (χ0v) is 16.2. The molecule has 26 heavy (non-hydrogen) atoms. The summed E-state index contributed by atoms with van der Waals surface area (Å²) >= 11 is 6.09. The van der Waals surface area contributed by atoms with Crippen molar-refractivity contribution in [1.82, 2.24) is 5.32 Å². The number of sulfonamides is 1. The SMILES string of the molecule is Cc1ccc(N([C@@H](C)C(=O)NCc2ccc(F)cc2)S(C)(=O)=O)cc1Cl. The second-order valence-corrected chi connectivity index (χ2v) is 8.28. The molecule has 140 valence electrons. The van der Waals surface area contributed by atoms with Gasteiger partial charge in [-0.3, -0.25) is 9.10 Å². The van der Waals surface area contributed by atoms with Gasteiger partial charge in [0, 0.05) is 11.6 Å². The van der Waals surface area contributed by atoms with Crippen molar-refractivity contribution in [2.45, 2.75) is 26.4 Å². The monoisotopic (exact) mass is 398 g/mol. The molecule has 0 spiro atoms. The number of halogens is 2. The number of carbonyl (C=O) groups is 1. The van der Waals surface area contributed by atoms with Crippen molar-refractivity contribution in [3.63, 3.8) is 0 Å². The number of carbonyl (C=O) groups excluding carboxylic acids is 1. The highest BCUT2D eigenvalue weighted by Crippen LogP contribution is 2.26. The van der Waals surface area contributed by atoms with E-state index in [4.69, 9.17) is 11.6 Å². The zero-order chi connectivity index (χ0) is 19.5. The molecule has 0 saturated heterocycles. The first kappa shape index (κ1) is 20.2. The van der Waals surface area contributed by atoms with Crippen LogP contribution in [0.25, 0.3) is 0 Å². The van der Waals surface area contributed by atoms with E-state index in [0.717, 1.165) is 16.1 Å². The van der Waals surface area contributed by atoms with Gasteiger partial charge in [-0.15, -0.1) is 0 Å². The Bertz CT molecular complexity index is 901. The molecule has 0 heterocycles. The van der Waals surface area contributed by atoms with Crippen LogP contribution < -0.4 is 9.62 Å². The number of amides is 1. The van der Waals surface area contributed by atoms with Crippen LogP contribution in [0.15, 0.2) is 42.5 Å². The third kappa shape index (κ3) is 4.95. The van der Waals surface area contributed by atoms with Crippen LogP contribution in [0.3, 0.4) is 0 Å². The number of nitrogens with one attached hydrogen (secondary N) is 1. The van der Waals surface area contributed by atoms with Gasteiger partial charge >= 0.3 is 0 Å². The fourth-order valence-electron chi connectivity index (χ4n) is 2.47. The summed E-state index contributed by atoms with van der Waals surface area (Å²) < 4.78 is 38.4. The molecule has 0 saturated carbocycles. The molecule has 1 atom stereocenters. The number of rotatable bonds is 6. The number of benzene rings is 2. The van der Waals surface area contributed by atoms with Crippen LogP contribution in [0.5, 0.6) is 0 Å². The molecule has 0 aliphatic rings. The molecule has 1 N–H and O–H groups in total. The highest BCUT2D eigenvalue weighted by molar-refractivity contribution is 7.92. The third-order valence-electron chi connectivity index (χ3n) is 3.88. The van der Waals surface area contributed by atoms with E-state index >= 15 is 0 Å². The first-order valence-corrected chi connectivity index (χ1v) is 10.1. The Labute approximate surface area is 157 Å². The van der Waals surface area contributed by atoms with E-state index in [9.17, 15) is 17.6 Å². The fourth-order valence-corrected chi connectivity index (χ4v) is 3.81. The Balaban J connectivity index is 2.20. The fraction of sp³-hybridized carbons (Fsp3) is 0.278. The molecule has 0 aromatic heterocycles. The Morgan fingerprint density at radius 3 is 2.38 bits per heavy atom. The smallest absolute Gasteiger partial charge is 0.243 e. The molecule has 0 bridgehead atoms. The zero-order valence-electron chi connectivity index (χ0n) is 14.7. The van der Waals surface area contributed by atoms with Crippen molar-refractivity contribution in [2.75, 3.05) is 10.6 Å². The van der Waals surface area contributed by atoms with E-state index in [2.05, 4.69) is 5.32 Å². The summed E-state index contributed by atoms with van der Waals surface area (Å²) in [6.07, 6.45) is 1.03. The van der Waals surface area contributed by atoms with Gasteiger partial charge in [0.15, 0.2) is 0 Å². The third-order valence-corrected chi connectivity index (χ3v) is 5.53. The predicted octanol–water partition coefficient (Wildman–Crippen LogP) is 3.26. The molecule has 2 rings (SSSR count). The summed E-state index contributed by atoms with van der Waals surface area (Å²) in [6, 6.07) is 9.52. The summed E-state index contributed by atoms with van der Waals surface area (Å²) in [6.45, 7) is 3.46. The Hall–Kier alpha value is -2.12. The molecule has 0 radical (unpaired) electrons. The van der Waals surface area contributed by atoms with E-state index in [1.807, 2.05) is 0 Å². The van der Waals surface area contributed by atoms with E-state index in [1.165, 1.54) is 25.1 Å². The molecule has 2 aromatic carbocycles. The first-order valence-electron chi connectivity index (χ1n) is 7.87. The lowest BCUT2D eigenvalue weighted by Crippen LogP contribution is -2.47. The van der Waals surface area contributed by atoms with E-state index in [-0.39, 0.29) is 12.4 Å². The van der Waals surface area contributed by atoms with Gasteiger partial charge in [-0.2, -0.15) is 0 Å². The molecule has 0 aliphatic heterocycles. The number of hydrogen-bond acceptors (Lipinski definition) is 3. The van der Waals surface area contributed by atoms with Crippen molar-refractivity contribution < 1.29 is 17.6 Å². The van der Waals surface area contributed by atoms with Gasteiger partial charge in [-0.25, -0.2) is 12.8 Å². The number of aryl methyl sites for hydroxylation is 1. The molecule has 5 nitrogen and oxygen atoms in total. The minimum Gasteiger partial charge on any atom is -0.350 e. The lowest BCUT2D eigenvalue weighted by Gasteiger charge is -2.28. The van der Waals surface area contributed by atoms with Crippen molar-refractivity contribution in [3.05, 3.63) is 64.4 Å². The van der Waals surface area contributed by atoms with Gasteiger partial charge in [0.2, 0.25) is 15.9 Å². The highest BCUT2D eigenvalue weighted by atomic mass is 35.5. The summed E-state index contributed by atoms with van der Waals surface area (Å²) in [4.78, 5) is 12.5. The normalized spacial score (nSPS) is 12.5. The Kier molecular flexibility index (Phi) is 6.26. The standard InChI is InChI=1S/C18H20ClFN2O3S/c1-12-4-9-16(10-17(12)19)22(26(3,24)25)13(2)18(23)21-11-14-5-7-15(20)8-6-14/h4-10,13H,11H2,1-3H3,(H,21,23)/t13-/m0/s1. The average Bonchev–Trinajstić information content (AvgIpc) is 2.56. The minimum absolute atomic E-state index is 0.162. The van der Waals surface area contributed by atoms with Crippen LogP contribution >= 0.6 is 11.6 Å². The average molecular weight is 399 g/mol. The van der Waals surface area contributed by atoms with Crippen molar-refractivity contribution in [3.8, 4) is 0 Å². The number of hydrogen-bond donors (Lipinski definition) is 1. The van der Waals surface area contributed by atoms with Gasteiger partial charge < -0.3 is 5.32 Å². The maximum absolute atomic E-state index is 12.9. The molecule has 8 heteroatoms. The summed E-state index contributed by atoms with van der Waals surface area (Å²) in [5.74, 6) is -0.843. The highest BCUT2D eigenvalue weighted by Gasteiger charge is 2.29. The van der Waals surface area contributed by atoms with Gasteiger partial charge in [-0.1, -0.05) is 29.8 Å². The van der Waals surface area contributed by atoms with Gasteiger partial charge in [-0.05, 0) is 49.2 Å². The quantitative estimate of drug-likeness (QED) is 0.812. The van der Waals surface area contributed by atoms with Gasteiger partial charge in [0.1, 0.15) is 11.9 Å². The lowest BCUT2D eigenvalue weighted by atomic mass is 10.2. The maximum Gasteiger partial charge on any atom is 0.243 e. The molecular formula is C18H20ClFN2O3S. The van der Waals surface area contributed by atoms with Gasteiger partial charge in [0.05, 0.1) is 11.9 Å². The molecular weight excluding hydrogens is 379 g/mol. The summed E-state index contributed by atoms with van der Waals surface area (Å²) in [5, 5.41) is 3.08. The molecule has 2 aromatic rings. The van der Waals surface area contributed by atoms with E-state index in [0.29, 0.717) is 16.3 Å².